The Morgan fingerprint density at radius 1 is 1.12 bits per heavy atom. The fraction of sp³-hybridized carbons (Fsp3) is 0.565. The lowest BCUT2D eigenvalue weighted by atomic mass is 9.93. The summed E-state index contributed by atoms with van der Waals surface area (Å²) in [5, 5.41) is 7.25. The van der Waals surface area contributed by atoms with E-state index in [4.69, 9.17) is 9.47 Å². The molecular formula is C23H29F3N4O3. The van der Waals surface area contributed by atoms with Crippen molar-refractivity contribution >= 4 is 11.7 Å². The van der Waals surface area contributed by atoms with Crippen LogP contribution in [0.2, 0.25) is 0 Å². The number of likely N-dealkylation sites (tertiary alicyclic amines) is 1. The molecule has 0 saturated carbocycles. The summed E-state index contributed by atoms with van der Waals surface area (Å²) in [7, 11) is 2.97. The molecule has 4 rings (SSSR count). The topological polar surface area (TPSA) is 68.6 Å². The fourth-order valence-electron chi connectivity index (χ4n) is 4.82. The van der Waals surface area contributed by atoms with E-state index in [1.807, 2.05) is 6.92 Å². The van der Waals surface area contributed by atoms with E-state index in [1.54, 1.807) is 23.1 Å². The molecule has 3 heterocycles. The predicted octanol–water partition coefficient (Wildman–Crippen LogP) is 4.82. The molecule has 2 aromatic rings. The average molecular weight is 467 g/mol. The van der Waals surface area contributed by atoms with Crippen LogP contribution in [-0.2, 0) is 0 Å². The first-order chi connectivity index (χ1) is 15.6. The Kier molecular flexibility index (Phi) is 6.20. The maximum Gasteiger partial charge on any atom is 0.410 e. The van der Waals surface area contributed by atoms with Crippen LogP contribution in [-0.4, -0.2) is 53.6 Å². The molecule has 1 saturated heterocycles. The van der Waals surface area contributed by atoms with Crippen molar-refractivity contribution in [2.45, 2.75) is 57.4 Å². The molecule has 7 nitrogen and oxygen atoms in total. The molecule has 2 aliphatic heterocycles. The van der Waals surface area contributed by atoms with Crippen LogP contribution in [0.15, 0.2) is 24.3 Å². The molecule has 1 aromatic carbocycles. The van der Waals surface area contributed by atoms with Gasteiger partial charge < -0.3 is 19.7 Å². The summed E-state index contributed by atoms with van der Waals surface area (Å²) < 4.78 is 53.5. The van der Waals surface area contributed by atoms with Gasteiger partial charge >= 0.3 is 6.18 Å². The predicted molar refractivity (Wildman–Crippen MR) is 117 cm³/mol. The number of amides is 1. The summed E-state index contributed by atoms with van der Waals surface area (Å²) in [5.74, 6) is 1.28. The second kappa shape index (κ2) is 8.79. The minimum Gasteiger partial charge on any atom is -0.493 e. The number of anilines is 1. The van der Waals surface area contributed by atoms with Crippen molar-refractivity contribution < 1.29 is 27.4 Å². The number of rotatable bonds is 4. The highest BCUT2D eigenvalue weighted by atomic mass is 19.4. The number of nitrogens with zero attached hydrogens (tertiary/aromatic N) is 3. The number of hydrogen-bond donors (Lipinski definition) is 1. The summed E-state index contributed by atoms with van der Waals surface area (Å²) in [6.07, 6.45) is -3.05. The number of methoxy groups -OCH3 is 2. The molecule has 0 spiro atoms. The van der Waals surface area contributed by atoms with Crippen molar-refractivity contribution in [1.82, 2.24) is 14.7 Å². The number of alkyl halides is 3. The minimum absolute atomic E-state index is 0.0193. The lowest BCUT2D eigenvalue weighted by Crippen LogP contribution is -2.44. The number of aromatic nitrogens is 2. The Hall–Kier alpha value is -2.91. The first-order valence-corrected chi connectivity index (χ1v) is 11.1. The summed E-state index contributed by atoms with van der Waals surface area (Å²) in [6, 6.07) is 3.99. The van der Waals surface area contributed by atoms with Crippen LogP contribution < -0.4 is 14.8 Å². The molecule has 0 radical (unpaired) electrons. The lowest BCUT2D eigenvalue weighted by Gasteiger charge is -2.36. The molecule has 180 valence electrons. The van der Waals surface area contributed by atoms with E-state index >= 15 is 0 Å². The zero-order valence-corrected chi connectivity index (χ0v) is 19.1. The maximum absolute atomic E-state index is 14.0. The van der Waals surface area contributed by atoms with Gasteiger partial charge in [-0.2, -0.15) is 18.3 Å². The van der Waals surface area contributed by atoms with E-state index < -0.39 is 18.3 Å². The molecule has 1 amide bonds. The smallest absolute Gasteiger partial charge is 0.410 e. The Morgan fingerprint density at radius 2 is 1.85 bits per heavy atom. The zero-order valence-electron chi connectivity index (χ0n) is 19.1. The molecule has 0 unspecified atom stereocenters. The first-order valence-electron chi connectivity index (χ1n) is 11.1. The highest BCUT2D eigenvalue weighted by Gasteiger charge is 2.47. The van der Waals surface area contributed by atoms with Crippen molar-refractivity contribution in [3.63, 3.8) is 0 Å². The third-order valence-corrected chi connectivity index (χ3v) is 6.62. The van der Waals surface area contributed by atoms with Gasteiger partial charge in [0.25, 0.3) is 5.91 Å². The fourth-order valence-corrected chi connectivity index (χ4v) is 4.82. The first kappa shape index (κ1) is 23.3. The van der Waals surface area contributed by atoms with Gasteiger partial charge in [0.2, 0.25) is 0 Å². The molecule has 0 bridgehead atoms. The number of piperidine rings is 1. The number of fused-ring (bicyclic) bond motifs is 1. The van der Waals surface area contributed by atoms with Crippen LogP contribution in [0.3, 0.4) is 0 Å². The number of nitrogens with one attached hydrogen (secondary N) is 1. The lowest BCUT2D eigenvalue weighted by molar-refractivity contribution is -0.173. The minimum atomic E-state index is -4.52. The average Bonchev–Trinajstić information content (AvgIpc) is 3.21. The standard InChI is InChI=1S/C23H29F3N4O3/c1-13-7-8-29(14(2)9-13)22(31)17-12-21-27-16(11-20(23(24,25)26)30(21)28-17)15-5-6-18(32-3)19(10-15)33-4/h5-6,10,12-14,16,20,27H,7-9,11H2,1-4H3/t13-,14+,16+,20-/m1/s1. The van der Waals surface area contributed by atoms with Crippen LogP contribution in [0.4, 0.5) is 19.0 Å². The third-order valence-electron chi connectivity index (χ3n) is 6.62. The molecule has 10 heteroatoms. The summed E-state index contributed by atoms with van der Waals surface area (Å²) >= 11 is 0. The van der Waals surface area contributed by atoms with Gasteiger partial charge in [0, 0.05) is 25.1 Å². The van der Waals surface area contributed by atoms with E-state index in [9.17, 15) is 18.0 Å². The second-order valence-corrected chi connectivity index (χ2v) is 8.94. The molecule has 1 N–H and O–H groups in total. The van der Waals surface area contributed by atoms with Gasteiger partial charge in [0.05, 0.1) is 20.3 Å². The molecular weight excluding hydrogens is 437 g/mol. The van der Waals surface area contributed by atoms with Gasteiger partial charge in [-0.25, -0.2) is 4.68 Å². The van der Waals surface area contributed by atoms with E-state index in [1.165, 1.54) is 20.3 Å². The summed E-state index contributed by atoms with van der Waals surface area (Å²) in [6.45, 7) is 4.68. The monoisotopic (exact) mass is 466 g/mol. The zero-order chi connectivity index (χ0) is 23.9. The van der Waals surface area contributed by atoms with E-state index in [0.29, 0.717) is 29.5 Å². The number of ether oxygens (including phenoxy) is 2. The largest absolute Gasteiger partial charge is 0.493 e. The van der Waals surface area contributed by atoms with Gasteiger partial charge in [-0.05, 0) is 43.4 Å². The van der Waals surface area contributed by atoms with Crippen LogP contribution in [0.5, 0.6) is 11.5 Å². The van der Waals surface area contributed by atoms with Crippen LogP contribution in [0.25, 0.3) is 0 Å². The van der Waals surface area contributed by atoms with E-state index in [0.717, 1.165) is 17.5 Å². The van der Waals surface area contributed by atoms with Crippen molar-refractivity contribution in [2.75, 3.05) is 26.1 Å². The van der Waals surface area contributed by atoms with Gasteiger partial charge in [0.15, 0.2) is 23.2 Å². The Morgan fingerprint density at radius 3 is 2.48 bits per heavy atom. The van der Waals surface area contributed by atoms with Gasteiger partial charge in [-0.15, -0.1) is 0 Å². The molecule has 33 heavy (non-hydrogen) atoms. The highest BCUT2D eigenvalue weighted by molar-refractivity contribution is 5.93. The normalized spacial score (nSPS) is 25.2. The van der Waals surface area contributed by atoms with Crippen molar-refractivity contribution in [1.29, 1.82) is 0 Å². The summed E-state index contributed by atoms with van der Waals surface area (Å²) in [5.41, 5.74) is 0.655. The number of carbonyl (C=O) groups excluding carboxylic acids is 1. The van der Waals surface area contributed by atoms with Gasteiger partial charge in [0.1, 0.15) is 5.82 Å². The number of carbonyl (C=O) groups is 1. The maximum atomic E-state index is 14.0. The van der Waals surface area contributed by atoms with Crippen molar-refractivity contribution in [3.05, 3.63) is 35.5 Å². The van der Waals surface area contributed by atoms with Crippen LogP contribution in [0.1, 0.15) is 61.2 Å². The molecule has 2 aliphatic rings. The SMILES string of the molecule is COc1ccc([C@@H]2C[C@H](C(F)(F)F)n3nc(C(=O)N4CC[C@@H](C)C[C@@H]4C)cc3N2)cc1OC. The van der Waals surface area contributed by atoms with Gasteiger partial charge in [-0.3, -0.25) is 4.79 Å². The van der Waals surface area contributed by atoms with Crippen molar-refractivity contribution in [3.8, 4) is 11.5 Å². The molecule has 4 atom stereocenters. The summed E-state index contributed by atoms with van der Waals surface area (Å²) in [4.78, 5) is 14.8. The van der Waals surface area contributed by atoms with E-state index in [2.05, 4.69) is 17.3 Å². The van der Waals surface area contributed by atoms with Crippen LogP contribution in [0, 0.1) is 5.92 Å². The second-order valence-electron chi connectivity index (χ2n) is 8.94. The number of benzene rings is 1. The Labute approximate surface area is 190 Å². The van der Waals surface area contributed by atoms with E-state index in [-0.39, 0.29) is 29.9 Å². The highest BCUT2D eigenvalue weighted by Crippen LogP contribution is 2.44. The molecule has 1 aromatic heterocycles. The molecule has 0 aliphatic carbocycles. The number of halogens is 3. The third kappa shape index (κ3) is 4.47. The van der Waals surface area contributed by atoms with Crippen LogP contribution >= 0.6 is 0 Å². The quantitative estimate of drug-likeness (QED) is 0.700. The van der Waals surface area contributed by atoms with Crippen molar-refractivity contribution in [2.24, 2.45) is 5.92 Å². The number of hydrogen-bond acceptors (Lipinski definition) is 5. The molecule has 1 fully saturated rings. The Bertz CT molecular complexity index is 1020. The Balaban J connectivity index is 1.66. The van der Waals surface area contributed by atoms with Gasteiger partial charge in [-0.1, -0.05) is 13.0 Å².